The zero-order valence-corrected chi connectivity index (χ0v) is 11.5. The average Bonchev–Trinajstić information content (AvgIpc) is 2.80. The predicted molar refractivity (Wildman–Crippen MR) is 74.6 cm³/mol. The van der Waals surface area contributed by atoms with E-state index in [2.05, 4.69) is 24.3 Å². The van der Waals surface area contributed by atoms with E-state index in [-0.39, 0.29) is 0 Å². The molecular formula is C14H18ClN3. The summed E-state index contributed by atoms with van der Waals surface area (Å²) in [5, 5.41) is 8.64. The van der Waals surface area contributed by atoms with Gasteiger partial charge in [-0.2, -0.15) is 5.10 Å². The van der Waals surface area contributed by atoms with Crippen LogP contribution in [0.5, 0.6) is 0 Å². The fourth-order valence-corrected chi connectivity index (χ4v) is 1.93. The Labute approximate surface area is 113 Å². The molecule has 4 heteroatoms. The number of nitrogens with one attached hydrogen (secondary N) is 1. The standard InChI is InChI=1S/C14H18ClN3/c1-11(2)18-8-7-13(17-18)10-16-9-12-5-3-4-6-14(12)15/h3-8,11,16H,9-10H2,1-2H3. The Bertz CT molecular complexity index is 505. The molecule has 0 saturated carbocycles. The molecule has 3 nitrogen and oxygen atoms in total. The molecule has 1 heterocycles. The third-order valence-corrected chi connectivity index (χ3v) is 3.14. The Morgan fingerprint density at radius 3 is 2.67 bits per heavy atom. The van der Waals surface area contributed by atoms with Crippen LogP contribution in [0.4, 0.5) is 0 Å². The number of benzene rings is 1. The number of nitrogens with zero attached hydrogens (tertiary/aromatic N) is 2. The van der Waals surface area contributed by atoms with Gasteiger partial charge in [-0.1, -0.05) is 29.8 Å². The normalized spacial score (nSPS) is 11.1. The summed E-state index contributed by atoms with van der Waals surface area (Å²) < 4.78 is 1.96. The molecule has 0 spiro atoms. The quantitative estimate of drug-likeness (QED) is 0.896. The first-order valence-corrected chi connectivity index (χ1v) is 6.53. The van der Waals surface area contributed by atoms with Crippen molar-refractivity contribution in [1.29, 1.82) is 0 Å². The highest BCUT2D eigenvalue weighted by molar-refractivity contribution is 6.31. The van der Waals surface area contributed by atoms with Crippen LogP contribution in [0.15, 0.2) is 36.5 Å². The second-order valence-electron chi connectivity index (χ2n) is 4.58. The molecule has 18 heavy (non-hydrogen) atoms. The first kappa shape index (κ1) is 13.1. The Morgan fingerprint density at radius 1 is 1.22 bits per heavy atom. The van der Waals surface area contributed by atoms with E-state index in [0.717, 1.165) is 29.4 Å². The van der Waals surface area contributed by atoms with Crippen LogP contribution in [0.25, 0.3) is 0 Å². The van der Waals surface area contributed by atoms with Crippen molar-refractivity contribution in [3.8, 4) is 0 Å². The lowest BCUT2D eigenvalue weighted by Gasteiger charge is -2.06. The molecular weight excluding hydrogens is 246 g/mol. The summed E-state index contributed by atoms with van der Waals surface area (Å²) in [6.45, 7) is 5.75. The lowest BCUT2D eigenvalue weighted by molar-refractivity contribution is 0.521. The summed E-state index contributed by atoms with van der Waals surface area (Å²) in [6.07, 6.45) is 2.01. The van der Waals surface area contributed by atoms with Gasteiger partial charge >= 0.3 is 0 Å². The van der Waals surface area contributed by atoms with Crippen molar-refractivity contribution < 1.29 is 0 Å². The van der Waals surface area contributed by atoms with Crippen LogP contribution in [-0.2, 0) is 13.1 Å². The highest BCUT2D eigenvalue weighted by Crippen LogP contribution is 2.14. The zero-order chi connectivity index (χ0) is 13.0. The van der Waals surface area contributed by atoms with Crippen LogP contribution < -0.4 is 5.32 Å². The smallest absolute Gasteiger partial charge is 0.0762 e. The fraction of sp³-hybridized carbons (Fsp3) is 0.357. The van der Waals surface area contributed by atoms with Crippen LogP contribution in [-0.4, -0.2) is 9.78 Å². The molecule has 0 radical (unpaired) electrons. The average molecular weight is 264 g/mol. The van der Waals surface area contributed by atoms with Crippen molar-refractivity contribution in [2.24, 2.45) is 0 Å². The van der Waals surface area contributed by atoms with E-state index in [9.17, 15) is 0 Å². The van der Waals surface area contributed by atoms with Crippen molar-refractivity contribution in [2.45, 2.75) is 33.0 Å². The number of hydrogen-bond acceptors (Lipinski definition) is 2. The van der Waals surface area contributed by atoms with Crippen LogP contribution in [0.3, 0.4) is 0 Å². The maximum Gasteiger partial charge on any atom is 0.0762 e. The largest absolute Gasteiger partial charge is 0.307 e. The van der Waals surface area contributed by atoms with Crippen LogP contribution >= 0.6 is 11.6 Å². The number of rotatable bonds is 5. The van der Waals surface area contributed by atoms with Crippen molar-refractivity contribution >= 4 is 11.6 Å². The van der Waals surface area contributed by atoms with Gasteiger partial charge in [-0.3, -0.25) is 4.68 Å². The molecule has 0 saturated heterocycles. The second kappa shape index (κ2) is 6.03. The summed E-state index contributed by atoms with van der Waals surface area (Å²) in [7, 11) is 0. The molecule has 2 rings (SSSR count). The molecule has 0 amide bonds. The number of aromatic nitrogens is 2. The van der Waals surface area contributed by atoms with Gasteiger partial charge in [0.05, 0.1) is 5.69 Å². The van der Waals surface area contributed by atoms with E-state index in [1.807, 2.05) is 41.2 Å². The SMILES string of the molecule is CC(C)n1ccc(CNCc2ccccc2Cl)n1. The van der Waals surface area contributed by atoms with E-state index in [4.69, 9.17) is 11.6 Å². The minimum atomic E-state index is 0.405. The molecule has 96 valence electrons. The van der Waals surface area contributed by atoms with Gasteiger partial charge in [0.25, 0.3) is 0 Å². The van der Waals surface area contributed by atoms with E-state index in [1.165, 1.54) is 0 Å². The van der Waals surface area contributed by atoms with Crippen LogP contribution in [0, 0.1) is 0 Å². The van der Waals surface area contributed by atoms with Crippen molar-refractivity contribution in [3.63, 3.8) is 0 Å². The fourth-order valence-electron chi connectivity index (χ4n) is 1.73. The molecule has 0 aliphatic rings. The first-order valence-electron chi connectivity index (χ1n) is 6.15. The maximum absolute atomic E-state index is 6.09. The minimum absolute atomic E-state index is 0.405. The summed E-state index contributed by atoms with van der Waals surface area (Å²) in [6, 6.07) is 10.3. The molecule has 0 unspecified atom stereocenters. The van der Waals surface area contributed by atoms with Gasteiger partial charge in [0, 0.05) is 30.4 Å². The second-order valence-corrected chi connectivity index (χ2v) is 4.98. The van der Waals surface area contributed by atoms with Gasteiger partial charge in [-0.25, -0.2) is 0 Å². The summed E-state index contributed by atoms with van der Waals surface area (Å²) in [5.41, 5.74) is 2.17. The van der Waals surface area contributed by atoms with Crippen molar-refractivity contribution in [3.05, 3.63) is 52.8 Å². The molecule has 1 aromatic heterocycles. The highest BCUT2D eigenvalue weighted by Gasteiger charge is 2.02. The summed E-state index contributed by atoms with van der Waals surface area (Å²) >= 11 is 6.09. The van der Waals surface area contributed by atoms with Crippen LogP contribution in [0.1, 0.15) is 31.1 Å². The van der Waals surface area contributed by atoms with Gasteiger partial charge in [0.15, 0.2) is 0 Å². The Hall–Kier alpha value is -1.32. The molecule has 0 bridgehead atoms. The van der Waals surface area contributed by atoms with Gasteiger partial charge in [0.2, 0.25) is 0 Å². The molecule has 0 aliphatic carbocycles. The maximum atomic E-state index is 6.09. The van der Waals surface area contributed by atoms with Crippen LogP contribution in [0.2, 0.25) is 5.02 Å². The van der Waals surface area contributed by atoms with Gasteiger partial charge < -0.3 is 5.32 Å². The Balaban J connectivity index is 1.87. The topological polar surface area (TPSA) is 29.9 Å². The molecule has 0 atom stereocenters. The first-order chi connectivity index (χ1) is 8.66. The lowest BCUT2D eigenvalue weighted by atomic mass is 10.2. The summed E-state index contributed by atoms with van der Waals surface area (Å²) in [4.78, 5) is 0. The highest BCUT2D eigenvalue weighted by atomic mass is 35.5. The van der Waals surface area contributed by atoms with Gasteiger partial charge in [0.1, 0.15) is 0 Å². The Morgan fingerprint density at radius 2 is 2.00 bits per heavy atom. The Kier molecular flexibility index (Phi) is 4.39. The van der Waals surface area contributed by atoms with E-state index >= 15 is 0 Å². The molecule has 1 aromatic carbocycles. The zero-order valence-electron chi connectivity index (χ0n) is 10.7. The summed E-state index contributed by atoms with van der Waals surface area (Å²) in [5.74, 6) is 0. The molecule has 0 fully saturated rings. The van der Waals surface area contributed by atoms with E-state index < -0.39 is 0 Å². The number of hydrogen-bond donors (Lipinski definition) is 1. The number of halogens is 1. The monoisotopic (exact) mass is 263 g/mol. The van der Waals surface area contributed by atoms with E-state index in [0.29, 0.717) is 6.04 Å². The molecule has 1 N–H and O–H groups in total. The van der Waals surface area contributed by atoms with Gasteiger partial charge in [-0.15, -0.1) is 0 Å². The van der Waals surface area contributed by atoms with E-state index in [1.54, 1.807) is 0 Å². The van der Waals surface area contributed by atoms with Gasteiger partial charge in [-0.05, 0) is 31.5 Å². The third-order valence-electron chi connectivity index (χ3n) is 2.77. The molecule has 0 aliphatic heterocycles. The minimum Gasteiger partial charge on any atom is -0.307 e. The predicted octanol–water partition coefficient (Wildman–Crippen LogP) is 3.41. The third kappa shape index (κ3) is 3.34. The van der Waals surface area contributed by atoms with Crippen molar-refractivity contribution in [2.75, 3.05) is 0 Å². The molecule has 2 aromatic rings. The lowest BCUT2D eigenvalue weighted by Crippen LogP contribution is -2.14. The van der Waals surface area contributed by atoms with Crippen molar-refractivity contribution in [1.82, 2.24) is 15.1 Å².